The second-order valence-electron chi connectivity index (χ2n) is 8.52. The maximum absolute atomic E-state index is 12.7. The van der Waals surface area contributed by atoms with Crippen molar-refractivity contribution in [3.8, 4) is 0 Å². The lowest BCUT2D eigenvalue weighted by Crippen LogP contribution is -2.36. The summed E-state index contributed by atoms with van der Waals surface area (Å²) in [5.74, 6) is 0.122. The fourth-order valence-corrected chi connectivity index (χ4v) is 4.65. The van der Waals surface area contributed by atoms with E-state index in [1.54, 1.807) is 4.57 Å². The maximum atomic E-state index is 12.7. The number of H-pyrrole nitrogens is 1. The van der Waals surface area contributed by atoms with Crippen LogP contribution in [-0.4, -0.2) is 39.5 Å². The summed E-state index contributed by atoms with van der Waals surface area (Å²) in [7, 11) is 0. The number of aromatic nitrogens is 2. The largest absolute Gasteiger partial charge is 0.352 e. The van der Waals surface area contributed by atoms with Gasteiger partial charge >= 0.3 is 0 Å². The van der Waals surface area contributed by atoms with Gasteiger partial charge in [0, 0.05) is 38.6 Å². The number of hydrogen-bond donors (Lipinski definition) is 2. The van der Waals surface area contributed by atoms with Crippen LogP contribution in [0.2, 0.25) is 0 Å². The van der Waals surface area contributed by atoms with E-state index < -0.39 is 0 Å². The van der Waals surface area contributed by atoms with E-state index in [0.717, 1.165) is 50.8 Å². The van der Waals surface area contributed by atoms with E-state index >= 15 is 0 Å². The minimum absolute atomic E-state index is 0.0524. The number of carbonyl (C=O) groups excluding carboxylic acids is 1. The van der Waals surface area contributed by atoms with Crippen molar-refractivity contribution in [2.75, 3.05) is 13.1 Å². The molecular weight excluding hydrogens is 420 g/mol. The minimum Gasteiger partial charge on any atom is -0.352 e. The van der Waals surface area contributed by atoms with Gasteiger partial charge in [0.25, 0.3) is 5.56 Å². The zero-order chi connectivity index (χ0) is 22.3. The van der Waals surface area contributed by atoms with Crippen molar-refractivity contribution in [2.24, 2.45) is 0 Å². The van der Waals surface area contributed by atoms with E-state index in [1.807, 2.05) is 30.3 Å². The second kappa shape index (κ2) is 10.7. The Hall–Kier alpha value is -2.77. The second-order valence-corrected chi connectivity index (χ2v) is 8.90. The van der Waals surface area contributed by atoms with Gasteiger partial charge in [-0.1, -0.05) is 48.9 Å². The van der Waals surface area contributed by atoms with Crippen molar-refractivity contribution in [2.45, 2.75) is 51.2 Å². The summed E-state index contributed by atoms with van der Waals surface area (Å²) in [4.78, 5) is 30.5. The smallest absolute Gasteiger partial charge is 0.262 e. The molecule has 168 valence electrons. The molecule has 3 aromatic rings. The summed E-state index contributed by atoms with van der Waals surface area (Å²) < 4.78 is 2.07. The fourth-order valence-electron chi connectivity index (χ4n) is 4.37. The summed E-state index contributed by atoms with van der Waals surface area (Å²) in [6.45, 7) is 3.42. The van der Waals surface area contributed by atoms with Crippen LogP contribution in [0.1, 0.15) is 37.7 Å². The monoisotopic (exact) mass is 450 g/mol. The summed E-state index contributed by atoms with van der Waals surface area (Å²) in [6, 6.07) is 18.1. The molecule has 4 rings (SSSR count). The number of likely N-dealkylation sites (tertiary alicyclic amines) is 1. The van der Waals surface area contributed by atoms with Gasteiger partial charge in [-0.2, -0.15) is 0 Å². The number of rotatable bonds is 9. The van der Waals surface area contributed by atoms with Gasteiger partial charge in [-0.15, -0.1) is 0 Å². The van der Waals surface area contributed by atoms with Gasteiger partial charge < -0.3 is 10.3 Å². The third kappa shape index (κ3) is 5.72. The van der Waals surface area contributed by atoms with Crippen molar-refractivity contribution in [3.63, 3.8) is 0 Å². The van der Waals surface area contributed by atoms with Gasteiger partial charge in [-0.05, 0) is 49.2 Å². The number of benzene rings is 2. The lowest BCUT2D eigenvalue weighted by molar-refractivity contribution is -0.121. The first-order chi connectivity index (χ1) is 15.6. The summed E-state index contributed by atoms with van der Waals surface area (Å²) in [5, 5.41) is 3.84. The quantitative estimate of drug-likeness (QED) is 0.382. The molecule has 0 radical (unpaired) electrons. The molecule has 1 amide bonds. The molecule has 2 heterocycles. The van der Waals surface area contributed by atoms with Crippen molar-refractivity contribution in [1.82, 2.24) is 19.8 Å². The van der Waals surface area contributed by atoms with Crippen LogP contribution in [0.5, 0.6) is 0 Å². The average molecular weight is 451 g/mol. The number of fused-ring (bicyclic) bond motifs is 1. The van der Waals surface area contributed by atoms with E-state index in [0.29, 0.717) is 23.1 Å². The average Bonchev–Trinajstić information content (AvgIpc) is 3.22. The molecule has 1 aromatic heterocycles. The van der Waals surface area contributed by atoms with E-state index in [1.165, 1.54) is 5.56 Å². The predicted octanol–water partition coefficient (Wildman–Crippen LogP) is 4.01. The van der Waals surface area contributed by atoms with Crippen molar-refractivity contribution >= 4 is 29.0 Å². The molecule has 0 aliphatic carbocycles. The molecule has 1 fully saturated rings. The molecule has 2 N–H and O–H groups in total. The molecule has 6 nitrogen and oxygen atoms in total. The van der Waals surface area contributed by atoms with E-state index in [9.17, 15) is 9.59 Å². The fraction of sp³-hybridized carbons (Fsp3) is 0.400. The van der Waals surface area contributed by atoms with Gasteiger partial charge in [0.1, 0.15) is 0 Å². The van der Waals surface area contributed by atoms with Crippen LogP contribution in [0.15, 0.2) is 59.4 Å². The number of hydrogen-bond acceptors (Lipinski definition) is 4. The number of amides is 1. The molecule has 1 atom stereocenters. The van der Waals surface area contributed by atoms with Crippen molar-refractivity contribution in [3.05, 3.63) is 75.3 Å². The molecule has 0 bridgehead atoms. The zero-order valence-corrected chi connectivity index (χ0v) is 19.1. The number of carbonyl (C=O) groups is 1. The third-order valence-electron chi connectivity index (χ3n) is 6.06. The Morgan fingerprint density at radius 2 is 1.84 bits per heavy atom. The van der Waals surface area contributed by atoms with Gasteiger partial charge in [0.2, 0.25) is 5.91 Å². The van der Waals surface area contributed by atoms with Crippen LogP contribution in [0.4, 0.5) is 0 Å². The van der Waals surface area contributed by atoms with Crippen LogP contribution in [0.3, 0.4) is 0 Å². The molecule has 1 aliphatic rings. The van der Waals surface area contributed by atoms with Gasteiger partial charge in [-0.25, -0.2) is 0 Å². The third-order valence-corrected chi connectivity index (χ3v) is 6.38. The highest BCUT2D eigenvalue weighted by Gasteiger charge is 2.23. The minimum atomic E-state index is -0.0524. The Kier molecular flexibility index (Phi) is 7.50. The highest BCUT2D eigenvalue weighted by molar-refractivity contribution is 7.71. The Morgan fingerprint density at radius 3 is 2.69 bits per heavy atom. The molecule has 32 heavy (non-hydrogen) atoms. The first kappa shape index (κ1) is 22.4. The summed E-state index contributed by atoms with van der Waals surface area (Å²) >= 11 is 5.36. The number of aromatic amines is 1. The maximum Gasteiger partial charge on any atom is 0.262 e. The van der Waals surface area contributed by atoms with Crippen LogP contribution in [-0.2, 0) is 17.9 Å². The molecule has 0 saturated carbocycles. The normalized spacial score (nSPS) is 16.4. The first-order valence-corrected chi connectivity index (χ1v) is 11.8. The number of para-hydroxylation sites is 1. The summed E-state index contributed by atoms with van der Waals surface area (Å²) in [5.41, 5.74) is 2.03. The van der Waals surface area contributed by atoms with E-state index in [-0.39, 0.29) is 17.5 Å². The Morgan fingerprint density at radius 1 is 1.06 bits per heavy atom. The van der Waals surface area contributed by atoms with Gasteiger partial charge in [-0.3, -0.25) is 19.1 Å². The van der Waals surface area contributed by atoms with Gasteiger partial charge in [0.15, 0.2) is 4.77 Å². The van der Waals surface area contributed by atoms with Gasteiger partial charge in [0.05, 0.1) is 10.9 Å². The van der Waals surface area contributed by atoms with Crippen LogP contribution < -0.4 is 10.9 Å². The standard InChI is InChI=1S/C25H30N4O2S/c30-23(26-20-14-16-28(18-20)17-19-9-3-1-4-10-19)13-5-2-8-15-29-24(31)21-11-6-7-12-22(21)27-25(29)32/h1,3-4,6-7,9-12,20H,2,5,8,13-18H2,(H,26,30)(H,27,32). The highest BCUT2D eigenvalue weighted by atomic mass is 32.1. The number of unbranched alkanes of at least 4 members (excludes halogenated alkanes) is 2. The Balaban J connectivity index is 1.17. The molecule has 2 aromatic carbocycles. The predicted molar refractivity (Wildman–Crippen MR) is 130 cm³/mol. The molecule has 1 saturated heterocycles. The van der Waals surface area contributed by atoms with Crippen LogP contribution in [0, 0.1) is 4.77 Å². The van der Waals surface area contributed by atoms with Crippen LogP contribution >= 0.6 is 12.2 Å². The van der Waals surface area contributed by atoms with Crippen LogP contribution in [0.25, 0.3) is 10.9 Å². The topological polar surface area (TPSA) is 70.1 Å². The van der Waals surface area contributed by atoms with Crippen molar-refractivity contribution in [1.29, 1.82) is 0 Å². The van der Waals surface area contributed by atoms with E-state index in [4.69, 9.17) is 12.2 Å². The van der Waals surface area contributed by atoms with Crippen molar-refractivity contribution < 1.29 is 4.79 Å². The molecule has 7 heteroatoms. The molecular formula is C25H30N4O2S. The first-order valence-electron chi connectivity index (χ1n) is 11.4. The lowest BCUT2D eigenvalue weighted by atomic mass is 10.1. The lowest BCUT2D eigenvalue weighted by Gasteiger charge is -2.17. The SMILES string of the molecule is O=C(CCCCCn1c(=S)[nH]c2ccccc2c1=O)NC1CCN(Cc2ccccc2)C1. The number of nitrogens with zero attached hydrogens (tertiary/aromatic N) is 2. The molecule has 0 spiro atoms. The number of nitrogens with one attached hydrogen (secondary N) is 2. The highest BCUT2D eigenvalue weighted by Crippen LogP contribution is 2.14. The Bertz CT molecular complexity index is 1170. The Labute approximate surface area is 193 Å². The summed E-state index contributed by atoms with van der Waals surface area (Å²) in [6.07, 6.45) is 4.03. The zero-order valence-electron chi connectivity index (χ0n) is 18.3. The van der Waals surface area contributed by atoms with E-state index in [2.05, 4.69) is 39.5 Å². The molecule has 1 unspecified atom stereocenters. The molecule has 1 aliphatic heterocycles.